The van der Waals surface area contributed by atoms with Gasteiger partial charge in [-0.3, -0.25) is 0 Å². The van der Waals surface area contributed by atoms with Gasteiger partial charge in [-0.05, 0) is 12.8 Å². The van der Waals surface area contributed by atoms with Crippen LogP contribution in [0.15, 0.2) is 0 Å². The van der Waals surface area contributed by atoms with Crippen molar-refractivity contribution < 1.29 is 14.2 Å². The first kappa shape index (κ1) is 18.9. The van der Waals surface area contributed by atoms with Crippen LogP contribution < -0.4 is 0 Å². The molecule has 0 aliphatic rings. The number of methoxy groups -OCH3 is 3. The number of hydrogen-bond donors (Lipinski definition) is 0. The van der Waals surface area contributed by atoms with Crippen molar-refractivity contribution in [3.63, 3.8) is 0 Å². The fourth-order valence-electron chi connectivity index (χ4n) is 2.69. The Morgan fingerprint density at radius 1 is 0.684 bits per heavy atom. The summed E-state index contributed by atoms with van der Waals surface area (Å²) in [6.07, 6.45) is 11.1. The fourth-order valence-corrected chi connectivity index (χ4v) is 2.69. The van der Waals surface area contributed by atoms with Crippen LogP contribution in [0.1, 0.15) is 71.6 Å². The van der Waals surface area contributed by atoms with Crippen molar-refractivity contribution >= 4 is 0 Å². The summed E-state index contributed by atoms with van der Waals surface area (Å²) < 4.78 is 16.6. The van der Waals surface area contributed by atoms with Gasteiger partial charge in [-0.2, -0.15) is 0 Å². The molecule has 1 unspecified atom stereocenters. The van der Waals surface area contributed by atoms with Crippen LogP contribution in [0.4, 0.5) is 0 Å². The molecule has 0 spiro atoms. The SMILES string of the molecule is CCCCCCCC(CCCC)C(OC)(OC)OC. The molecule has 116 valence electrons. The molecule has 0 saturated heterocycles. The van der Waals surface area contributed by atoms with Crippen molar-refractivity contribution in [3.8, 4) is 0 Å². The molecule has 0 amide bonds. The van der Waals surface area contributed by atoms with Gasteiger partial charge in [0, 0.05) is 27.2 Å². The first-order valence-electron chi connectivity index (χ1n) is 7.86. The average molecular weight is 274 g/mol. The Kier molecular flexibility index (Phi) is 11.6. The highest BCUT2D eigenvalue weighted by molar-refractivity contribution is 4.71. The van der Waals surface area contributed by atoms with Gasteiger partial charge in [0.2, 0.25) is 0 Å². The van der Waals surface area contributed by atoms with Crippen molar-refractivity contribution in [2.45, 2.75) is 77.6 Å². The maximum Gasteiger partial charge on any atom is 0.285 e. The predicted molar refractivity (Wildman–Crippen MR) is 80.1 cm³/mol. The summed E-state index contributed by atoms with van der Waals surface area (Å²) in [6.45, 7) is 4.46. The van der Waals surface area contributed by atoms with Gasteiger partial charge in [0.15, 0.2) is 0 Å². The van der Waals surface area contributed by atoms with Crippen LogP contribution in [-0.2, 0) is 14.2 Å². The molecule has 3 heteroatoms. The molecule has 3 nitrogen and oxygen atoms in total. The highest BCUT2D eigenvalue weighted by atomic mass is 16.9. The van der Waals surface area contributed by atoms with E-state index in [1.165, 1.54) is 44.9 Å². The summed E-state index contributed by atoms with van der Waals surface area (Å²) in [7, 11) is 5.01. The van der Waals surface area contributed by atoms with Gasteiger partial charge in [0.1, 0.15) is 0 Å². The van der Waals surface area contributed by atoms with E-state index in [9.17, 15) is 0 Å². The number of unbranched alkanes of at least 4 members (excludes halogenated alkanes) is 5. The maximum absolute atomic E-state index is 5.53. The van der Waals surface area contributed by atoms with Crippen molar-refractivity contribution in [1.29, 1.82) is 0 Å². The van der Waals surface area contributed by atoms with Gasteiger partial charge in [-0.15, -0.1) is 0 Å². The quantitative estimate of drug-likeness (QED) is 0.358. The Balaban J connectivity index is 4.34. The lowest BCUT2D eigenvalue weighted by Crippen LogP contribution is -2.44. The molecule has 0 N–H and O–H groups in total. The minimum atomic E-state index is -0.861. The van der Waals surface area contributed by atoms with Crippen molar-refractivity contribution in [2.75, 3.05) is 21.3 Å². The van der Waals surface area contributed by atoms with Crippen LogP contribution in [0.3, 0.4) is 0 Å². The zero-order valence-electron chi connectivity index (χ0n) is 13.7. The number of hydrogen-bond acceptors (Lipinski definition) is 3. The smallest absolute Gasteiger partial charge is 0.285 e. The van der Waals surface area contributed by atoms with E-state index in [0.29, 0.717) is 5.92 Å². The third kappa shape index (κ3) is 6.73. The Hall–Kier alpha value is -0.120. The van der Waals surface area contributed by atoms with E-state index in [-0.39, 0.29) is 0 Å². The topological polar surface area (TPSA) is 27.7 Å². The molecule has 0 rings (SSSR count). The summed E-state index contributed by atoms with van der Waals surface area (Å²) in [5, 5.41) is 0. The summed E-state index contributed by atoms with van der Waals surface area (Å²) >= 11 is 0. The zero-order chi connectivity index (χ0) is 14.6. The minimum Gasteiger partial charge on any atom is -0.331 e. The molecule has 0 aliphatic carbocycles. The lowest BCUT2D eigenvalue weighted by Gasteiger charge is -2.36. The van der Waals surface area contributed by atoms with Crippen molar-refractivity contribution in [2.24, 2.45) is 5.92 Å². The highest BCUT2D eigenvalue weighted by Gasteiger charge is 2.39. The fraction of sp³-hybridized carbons (Fsp3) is 1.00. The van der Waals surface area contributed by atoms with Crippen molar-refractivity contribution in [1.82, 2.24) is 0 Å². The molecule has 1 atom stereocenters. The van der Waals surface area contributed by atoms with Gasteiger partial charge in [-0.25, -0.2) is 0 Å². The summed E-state index contributed by atoms with van der Waals surface area (Å²) in [5.74, 6) is -0.547. The van der Waals surface area contributed by atoms with E-state index in [4.69, 9.17) is 14.2 Å². The molecule has 0 fully saturated rings. The van der Waals surface area contributed by atoms with Gasteiger partial charge >= 0.3 is 0 Å². The van der Waals surface area contributed by atoms with Crippen molar-refractivity contribution in [3.05, 3.63) is 0 Å². The van der Waals surface area contributed by atoms with E-state index in [0.717, 1.165) is 12.8 Å². The maximum atomic E-state index is 5.53. The van der Waals surface area contributed by atoms with Gasteiger partial charge < -0.3 is 14.2 Å². The Morgan fingerprint density at radius 2 is 1.16 bits per heavy atom. The average Bonchev–Trinajstić information content (AvgIpc) is 2.45. The van der Waals surface area contributed by atoms with Crippen LogP contribution in [0.5, 0.6) is 0 Å². The van der Waals surface area contributed by atoms with Gasteiger partial charge in [0.25, 0.3) is 5.97 Å². The van der Waals surface area contributed by atoms with Gasteiger partial charge in [0.05, 0.1) is 0 Å². The molecule has 0 aliphatic heterocycles. The van der Waals surface area contributed by atoms with Crippen LogP contribution in [0, 0.1) is 5.92 Å². The second kappa shape index (κ2) is 11.7. The van der Waals surface area contributed by atoms with Crippen LogP contribution >= 0.6 is 0 Å². The number of ether oxygens (including phenoxy) is 3. The molecular weight excluding hydrogens is 240 g/mol. The number of rotatable bonds is 13. The first-order valence-corrected chi connectivity index (χ1v) is 7.86. The third-order valence-corrected chi connectivity index (χ3v) is 3.92. The lowest BCUT2D eigenvalue weighted by molar-refractivity contribution is -0.380. The van der Waals surface area contributed by atoms with E-state index in [1.807, 2.05) is 0 Å². The molecule has 0 heterocycles. The Labute approximate surface area is 120 Å². The summed E-state index contributed by atoms with van der Waals surface area (Å²) in [6, 6.07) is 0. The van der Waals surface area contributed by atoms with Crippen LogP contribution in [0.25, 0.3) is 0 Å². The normalized spacial score (nSPS) is 13.7. The molecule has 0 bridgehead atoms. The standard InChI is InChI=1S/C16H34O3/c1-6-8-10-11-12-14-15(13-9-7-2)16(17-3,18-4)19-5/h15H,6-14H2,1-5H3. The van der Waals surface area contributed by atoms with Crippen LogP contribution in [0.2, 0.25) is 0 Å². The predicted octanol–water partition coefficient (Wildman–Crippen LogP) is 4.75. The highest BCUT2D eigenvalue weighted by Crippen LogP contribution is 2.32. The molecular formula is C16H34O3. The lowest BCUT2D eigenvalue weighted by atomic mass is 9.92. The molecule has 0 aromatic carbocycles. The zero-order valence-corrected chi connectivity index (χ0v) is 13.7. The van der Waals surface area contributed by atoms with E-state index in [2.05, 4.69) is 13.8 Å². The molecule has 0 radical (unpaired) electrons. The minimum absolute atomic E-state index is 0.314. The molecule has 0 aromatic heterocycles. The van der Waals surface area contributed by atoms with E-state index in [1.54, 1.807) is 21.3 Å². The van der Waals surface area contributed by atoms with Crippen LogP contribution in [-0.4, -0.2) is 27.3 Å². The third-order valence-electron chi connectivity index (χ3n) is 3.92. The Morgan fingerprint density at radius 3 is 1.63 bits per heavy atom. The largest absolute Gasteiger partial charge is 0.331 e. The summed E-state index contributed by atoms with van der Waals surface area (Å²) in [5.41, 5.74) is 0. The molecule has 0 saturated carbocycles. The summed E-state index contributed by atoms with van der Waals surface area (Å²) in [4.78, 5) is 0. The Bertz CT molecular complexity index is 182. The first-order chi connectivity index (χ1) is 9.20. The monoisotopic (exact) mass is 274 g/mol. The second-order valence-electron chi connectivity index (χ2n) is 5.26. The second-order valence-corrected chi connectivity index (χ2v) is 5.26. The van der Waals surface area contributed by atoms with E-state index < -0.39 is 5.97 Å². The molecule has 0 aromatic rings. The van der Waals surface area contributed by atoms with Gasteiger partial charge in [-0.1, -0.05) is 58.8 Å². The molecule has 19 heavy (non-hydrogen) atoms. The van der Waals surface area contributed by atoms with E-state index >= 15 is 0 Å².